The zero-order valence-corrected chi connectivity index (χ0v) is 13.7. The smallest absolute Gasteiger partial charge is 0.172 e. The first-order chi connectivity index (χ1) is 9.58. The van der Waals surface area contributed by atoms with Crippen LogP contribution in [0.25, 0.3) is 11.8 Å². The summed E-state index contributed by atoms with van der Waals surface area (Å²) in [6.45, 7) is 8.79. The Bertz CT molecular complexity index is 655. The van der Waals surface area contributed by atoms with Crippen molar-refractivity contribution in [1.29, 1.82) is 0 Å². The summed E-state index contributed by atoms with van der Waals surface area (Å²) >= 11 is 0. The molecule has 2 nitrogen and oxygen atoms in total. The molecule has 0 bridgehead atoms. The second-order valence-corrected chi connectivity index (χ2v) is 8.12. The standard InChI is InChI=1S/C17H21NOSi/c1-12-10-16-15(17(12)19-20(3)4)11-13(2)18(16)14-8-6-5-7-9-14/h5-11,17,20H,1-4H3. The van der Waals surface area contributed by atoms with E-state index in [1.807, 2.05) is 0 Å². The van der Waals surface area contributed by atoms with Gasteiger partial charge < -0.3 is 8.99 Å². The fraction of sp³-hybridized carbons (Fsp3) is 0.294. The van der Waals surface area contributed by atoms with Crippen LogP contribution in [0, 0.1) is 6.92 Å². The summed E-state index contributed by atoms with van der Waals surface area (Å²) in [5.41, 5.74) is 6.42. The molecule has 1 aliphatic carbocycles. The highest BCUT2D eigenvalue weighted by molar-refractivity contribution is 6.48. The Labute approximate surface area is 122 Å². The van der Waals surface area contributed by atoms with Gasteiger partial charge in [0, 0.05) is 16.9 Å². The zero-order valence-electron chi connectivity index (χ0n) is 12.6. The first-order valence-corrected chi connectivity index (χ1v) is 9.97. The van der Waals surface area contributed by atoms with Gasteiger partial charge in [-0.05, 0) is 56.8 Å². The molecule has 1 atom stereocenters. The maximum atomic E-state index is 6.21. The molecule has 0 saturated carbocycles. The molecule has 20 heavy (non-hydrogen) atoms. The lowest BCUT2D eigenvalue weighted by atomic mass is 10.1. The summed E-state index contributed by atoms with van der Waals surface area (Å²) < 4.78 is 8.53. The lowest BCUT2D eigenvalue weighted by Crippen LogP contribution is -2.13. The zero-order chi connectivity index (χ0) is 14.3. The van der Waals surface area contributed by atoms with Crippen molar-refractivity contribution in [3.05, 3.63) is 58.9 Å². The highest BCUT2D eigenvalue weighted by Gasteiger charge is 2.28. The molecule has 1 heterocycles. The van der Waals surface area contributed by atoms with Gasteiger partial charge in [0.2, 0.25) is 0 Å². The van der Waals surface area contributed by atoms with Crippen LogP contribution in [0.2, 0.25) is 13.1 Å². The van der Waals surface area contributed by atoms with Gasteiger partial charge in [-0.1, -0.05) is 18.2 Å². The largest absolute Gasteiger partial charge is 0.410 e. The van der Waals surface area contributed by atoms with Crippen LogP contribution < -0.4 is 0 Å². The van der Waals surface area contributed by atoms with Crippen molar-refractivity contribution in [2.45, 2.75) is 33.0 Å². The third-order valence-corrected chi connectivity index (χ3v) is 4.55. The molecule has 104 valence electrons. The number of rotatable bonds is 3. The molecule has 1 aromatic carbocycles. The first kappa shape index (κ1) is 13.4. The van der Waals surface area contributed by atoms with Crippen molar-refractivity contribution < 1.29 is 4.43 Å². The predicted molar refractivity (Wildman–Crippen MR) is 86.9 cm³/mol. The Kier molecular flexibility index (Phi) is 3.40. The van der Waals surface area contributed by atoms with Gasteiger partial charge in [0.05, 0.1) is 11.8 Å². The number of fused-ring (bicyclic) bond motifs is 1. The third-order valence-electron chi connectivity index (χ3n) is 3.74. The summed E-state index contributed by atoms with van der Waals surface area (Å²) in [4.78, 5) is 0. The molecule has 0 saturated heterocycles. The predicted octanol–water partition coefficient (Wildman–Crippen LogP) is 4.24. The van der Waals surface area contributed by atoms with E-state index in [1.54, 1.807) is 0 Å². The molecule has 0 spiro atoms. The Balaban J connectivity index is 2.09. The number of hydrogen-bond acceptors (Lipinski definition) is 1. The SMILES string of the molecule is CC1=Cc2c(cc(C)n2-c2ccccc2)C1O[SiH](C)C. The van der Waals surface area contributed by atoms with Crippen LogP contribution in [0.5, 0.6) is 0 Å². The molecule has 0 radical (unpaired) electrons. The molecular formula is C17H21NOSi. The van der Waals surface area contributed by atoms with Crippen molar-refractivity contribution in [3.63, 3.8) is 0 Å². The van der Waals surface area contributed by atoms with Crippen LogP contribution in [0.15, 0.2) is 42.0 Å². The van der Waals surface area contributed by atoms with E-state index < -0.39 is 9.04 Å². The molecule has 1 aromatic heterocycles. The summed E-state index contributed by atoms with van der Waals surface area (Å²) in [5.74, 6) is 0. The van der Waals surface area contributed by atoms with E-state index in [0.29, 0.717) is 0 Å². The second kappa shape index (κ2) is 5.07. The van der Waals surface area contributed by atoms with Gasteiger partial charge in [-0.3, -0.25) is 0 Å². The van der Waals surface area contributed by atoms with Crippen molar-refractivity contribution in [2.24, 2.45) is 0 Å². The topological polar surface area (TPSA) is 14.2 Å². The lowest BCUT2D eigenvalue weighted by molar-refractivity contribution is 0.252. The van der Waals surface area contributed by atoms with Gasteiger partial charge >= 0.3 is 0 Å². The van der Waals surface area contributed by atoms with Crippen molar-refractivity contribution in [3.8, 4) is 5.69 Å². The Morgan fingerprint density at radius 3 is 2.45 bits per heavy atom. The summed E-state index contributed by atoms with van der Waals surface area (Å²) in [6, 6.07) is 12.8. The van der Waals surface area contributed by atoms with Gasteiger partial charge in [-0.25, -0.2) is 0 Å². The molecule has 0 fully saturated rings. The monoisotopic (exact) mass is 283 g/mol. The van der Waals surface area contributed by atoms with E-state index in [4.69, 9.17) is 4.43 Å². The van der Waals surface area contributed by atoms with Gasteiger partial charge in [0.25, 0.3) is 0 Å². The molecule has 1 unspecified atom stereocenters. The minimum absolute atomic E-state index is 0.167. The van der Waals surface area contributed by atoms with Gasteiger partial charge in [0.1, 0.15) is 0 Å². The lowest BCUT2D eigenvalue weighted by Gasteiger charge is -2.17. The van der Waals surface area contributed by atoms with Crippen LogP contribution in [-0.4, -0.2) is 13.6 Å². The van der Waals surface area contributed by atoms with Crippen LogP contribution in [-0.2, 0) is 4.43 Å². The average molecular weight is 283 g/mol. The first-order valence-electron chi connectivity index (χ1n) is 7.19. The molecule has 3 heteroatoms. The quantitative estimate of drug-likeness (QED) is 0.768. The normalized spacial score (nSPS) is 17.4. The van der Waals surface area contributed by atoms with E-state index in [0.717, 1.165) is 0 Å². The maximum Gasteiger partial charge on any atom is 0.172 e. The molecular weight excluding hydrogens is 262 g/mol. The van der Waals surface area contributed by atoms with Gasteiger partial charge in [-0.2, -0.15) is 0 Å². The molecule has 3 rings (SSSR count). The Hall–Kier alpha value is -1.58. The van der Waals surface area contributed by atoms with Crippen LogP contribution in [0.1, 0.15) is 30.0 Å². The third kappa shape index (κ3) is 2.17. The fourth-order valence-corrected chi connectivity index (χ4v) is 3.86. The minimum atomic E-state index is -1.05. The fourth-order valence-electron chi connectivity index (χ4n) is 2.95. The number of benzene rings is 1. The van der Waals surface area contributed by atoms with E-state index in [2.05, 4.69) is 74.0 Å². The summed E-state index contributed by atoms with van der Waals surface area (Å²) in [6.07, 6.45) is 2.44. The molecule has 0 aliphatic heterocycles. The average Bonchev–Trinajstić information content (AvgIpc) is 2.86. The summed E-state index contributed by atoms with van der Waals surface area (Å²) in [7, 11) is -1.05. The van der Waals surface area contributed by atoms with E-state index >= 15 is 0 Å². The minimum Gasteiger partial charge on any atom is -0.410 e. The molecule has 0 amide bonds. The highest BCUT2D eigenvalue weighted by atomic mass is 28.3. The summed E-state index contributed by atoms with van der Waals surface area (Å²) in [5, 5.41) is 0. The van der Waals surface area contributed by atoms with E-state index in [1.165, 1.54) is 28.2 Å². The van der Waals surface area contributed by atoms with Gasteiger partial charge in [0.15, 0.2) is 9.04 Å². The highest BCUT2D eigenvalue weighted by Crippen LogP contribution is 2.40. The molecule has 0 N–H and O–H groups in total. The van der Waals surface area contributed by atoms with Crippen LogP contribution in [0.3, 0.4) is 0 Å². The molecule has 2 aromatic rings. The van der Waals surface area contributed by atoms with Crippen LogP contribution in [0.4, 0.5) is 0 Å². The van der Waals surface area contributed by atoms with Crippen LogP contribution >= 0.6 is 0 Å². The van der Waals surface area contributed by atoms with E-state index in [9.17, 15) is 0 Å². The van der Waals surface area contributed by atoms with Gasteiger partial charge in [-0.15, -0.1) is 0 Å². The number of para-hydroxylation sites is 1. The Morgan fingerprint density at radius 1 is 1.10 bits per heavy atom. The maximum absolute atomic E-state index is 6.21. The van der Waals surface area contributed by atoms with Crippen molar-refractivity contribution in [2.75, 3.05) is 0 Å². The number of aromatic nitrogens is 1. The van der Waals surface area contributed by atoms with Crippen molar-refractivity contribution in [1.82, 2.24) is 4.57 Å². The number of aryl methyl sites for hydroxylation is 1. The number of nitrogens with zero attached hydrogens (tertiary/aromatic N) is 1. The Morgan fingerprint density at radius 2 is 1.80 bits per heavy atom. The molecule has 1 aliphatic rings. The number of hydrogen-bond donors (Lipinski definition) is 0. The second-order valence-electron chi connectivity index (χ2n) is 5.75. The van der Waals surface area contributed by atoms with Crippen molar-refractivity contribution >= 4 is 15.1 Å². The van der Waals surface area contributed by atoms with E-state index in [-0.39, 0.29) is 6.10 Å².